The average molecular weight is 754 g/mol. The molecule has 4 heterocycles. The first-order chi connectivity index (χ1) is 25.2. The number of thiophene rings is 2. The van der Waals surface area contributed by atoms with E-state index in [-0.39, 0.29) is 17.8 Å². The normalized spacial score (nSPS) is 10.9. The van der Waals surface area contributed by atoms with Gasteiger partial charge in [0.25, 0.3) is 0 Å². The molecule has 0 fully saturated rings. The highest BCUT2D eigenvalue weighted by Crippen LogP contribution is 2.33. The first-order valence-electron chi connectivity index (χ1n) is 16.3. The number of nitrogens with zero attached hydrogens (tertiary/aromatic N) is 4. The summed E-state index contributed by atoms with van der Waals surface area (Å²) >= 11 is 9.53. The van der Waals surface area contributed by atoms with Crippen molar-refractivity contribution in [3.8, 4) is 22.8 Å². The maximum atomic E-state index is 13.2. The topological polar surface area (TPSA) is 116 Å². The van der Waals surface area contributed by atoms with Gasteiger partial charge in [-0.25, -0.2) is 33.9 Å². The van der Waals surface area contributed by atoms with E-state index in [0.717, 1.165) is 55.8 Å². The van der Waals surface area contributed by atoms with Gasteiger partial charge in [-0.15, -0.1) is 22.7 Å². The smallest absolute Gasteiger partial charge is 0.337 e. The third-order valence-corrected chi connectivity index (χ3v) is 10.7. The van der Waals surface area contributed by atoms with Gasteiger partial charge in [-0.1, -0.05) is 61.8 Å². The molecule has 0 radical (unpaired) electrons. The summed E-state index contributed by atoms with van der Waals surface area (Å²) in [5, 5.41) is 5.67. The van der Waals surface area contributed by atoms with E-state index >= 15 is 0 Å². The zero-order valence-corrected chi connectivity index (χ0v) is 31.1. The quantitative estimate of drug-likeness (QED) is 0.114. The van der Waals surface area contributed by atoms with Gasteiger partial charge in [-0.2, -0.15) is 0 Å². The maximum Gasteiger partial charge on any atom is 0.337 e. The van der Waals surface area contributed by atoms with Crippen LogP contribution < -0.4 is 5.32 Å². The molecule has 0 amide bonds. The van der Waals surface area contributed by atoms with Crippen molar-refractivity contribution in [1.29, 1.82) is 0 Å². The number of benzene rings is 3. The molecule has 0 atom stereocenters. The number of aryl methyl sites for hydroxylation is 2. The fourth-order valence-electron chi connectivity index (χ4n) is 5.18. The van der Waals surface area contributed by atoms with Crippen molar-refractivity contribution in [2.45, 2.75) is 33.2 Å². The number of rotatable bonds is 9. The van der Waals surface area contributed by atoms with Gasteiger partial charge in [-0.3, -0.25) is 0 Å². The second-order valence-electron chi connectivity index (χ2n) is 11.4. The second kappa shape index (κ2) is 16.4. The molecule has 52 heavy (non-hydrogen) atoms. The molecule has 7 aromatic rings. The Bertz CT molecular complexity index is 2360. The predicted molar refractivity (Wildman–Crippen MR) is 206 cm³/mol. The van der Waals surface area contributed by atoms with Gasteiger partial charge in [0.1, 0.15) is 26.4 Å². The number of methoxy groups -OCH3 is 2. The maximum absolute atomic E-state index is 13.2. The summed E-state index contributed by atoms with van der Waals surface area (Å²) in [4.78, 5) is 45.8. The van der Waals surface area contributed by atoms with E-state index in [1.165, 1.54) is 36.1 Å². The Hall–Kier alpha value is -5.30. The molecule has 7 rings (SSSR count). The molecule has 264 valence electrons. The Kier molecular flexibility index (Phi) is 11.5. The second-order valence-corrected chi connectivity index (χ2v) is 14.0. The minimum Gasteiger partial charge on any atom is -0.465 e. The predicted octanol–water partition coefficient (Wildman–Crippen LogP) is 9.82. The Balaban J connectivity index is 0.000000187. The fourth-order valence-corrected chi connectivity index (χ4v) is 7.40. The summed E-state index contributed by atoms with van der Waals surface area (Å²) in [7, 11) is 2.71. The number of anilines is 1. The summed E-state index contributed by atoms with van der Waals surface area (Å²) in [6, 6.07) is 24.5. The lowest BCUT2D eigenvalue weighted by Gasteiger charge is -2.09. The molecule has 0 saturated heterocycles. The molecule has 0 unspecified atom stereocenters. The SMILES string of the molecule is CCc1cc2c(Cl)nc(-c3ccc(C(=O)OC)cc3)nc2s1.CCc1cc2c(NCc3ccc(F)cc3)nc(-c3ccc(C(=O)OC)cc3)nc2s1. The van der Waals surface area contributed by atoms with Gasteiger partial charge >= 0.3 is 11.9 Å². The molecule has 4 aromatic heterocycles. The van der Waals surface area contributed by atoms with Crippen LogP contribution in [0.15, 0.2) is 84.9 Å². The number of nitrogens with one attached hydrogen (secondary N) is 1. The van der Waals surface area contributed by atoms with Crippen LogP contribution in [0.1, 0.15) is 49.9 Å². The first-order valence-corrected chi connectivity index (χ1v) is 18.3. The van der Waals surface area contributed by atoms with Crippen molar-refractivity contribution in [3.05, 3.63) is 122 Å². The van der Waals surface area contributed by atoms with E-state index < -0.39 is 0 Å². The van der Waals surface area contributed by atoms with Crippen LogP contribution in [0.2, 0.25) is 5.15 Å². The molecule has 9 nitrogen and oxygen atoms in total. The number of esters is 2. The standard InChI is InChI=1S/C23H20FN3O2S.C16H13ClN2O2S/c1-3-18-12-19-21(25-13-14-4-10-17(24)11-5-14)26-20(27-22(19)30-18)15-6-8-16(9-7-15)23(28)29-2;1-3-11-8-12-13(17)18-14(19-15(12)22-11)9-4-6-10(7-5-9)16(20)21-2/h4-12H,3,13H2,1-2H3,(H,25,26,27);4-8H,3H2,1-2H3. The lowest BCUT2D eigenvalue weighted by atomic mass is 10.1. The monoisotopic (exact) mass is 753 g/mol. The molecule has 1 N–H and O–H groups in total. The minimum absolute atomic E-state index is 0.258. The first kappa shape index (κ1) is 36.5. The van der Waals surface area contributed by atoms with Crippen molar-refractivity contribution >= 4 is 72.5 Å². The Morgan fingerprint density at radius 2 is 1.17 bits per heavy atom. The summed E-state index contributed by atoms with van der Waals surface area (Å²) in [6.45, 7) is 4.72. The zero-order chi connectivity index (χ0) is 36.8. The van der Waals surface area contributed by atoms with Gasteiger partial charge in [-0.05, 0) is 66.9 Å². The molecule has 0 bridgehead atoms. The van der Waals surface area contributed by atoms with Crippen LogP contribution in [0, 0.1) is 5.82 Å². The number of carbonyl (C=O) groups is 2. The number of hydrogen-bond acceptors (Lipinski definition) is 11. The molecule has 3 aromatic carbocycles. The highest BCUT2D eigenvalue weighted by molar-refractivity contribution is 7.19. The van der Waals surface area contributed by atoms with E-state index in [1.807, 2.05) is 18.2 Å². The zero-order valence-electron chi connectivity index (χ0n) is 28.7. The van der Waals surface area contributed by atoms with Crippen molar-refractivity contribution in [1.82, 2.24) is 19.9 Å². The summed E-state index contributed by atoms with van der Waals surface area (Å²) in [5.41, 5.74) is 3.53. The largest absolute Gasteiger partial charge is 0.465 e. The number of aromatic nitrogens is 4. The average Bonchev–Trinajstić information content (AvgIpc) is 3.82. The van der Waals surface area contributed by atoms with Gasteiger partial charge < -0.3 is 14.8 Å². The molecular formula is C39H33ClFN5O4S2. The van der Waals surface area contributed by atoms with Gasteiger partial charge in [0.05, 0.1) is 30.7 Å². The summed E-state index contributed by atoms with van der Waals surface area (Å²) in [6.07, 6.45) is 1.86. The van der Waals surface area contributed by atoms with E-state index in [9.17, 15) is 14.0 Å². The molecule has 13 heteroatoms. The lowest BCUT2D eigenvalue weighted by Crippen LogP contribution is -2.04. The van der Waals surface area contributed by atoms with Crippen LogP contribution in [0.3, 0.4) is 0 Å². The third-order valence-electron chi connectivity index (χ3n) is 8.04. The van der Waals surface area contributed by atoms with Gasteiger partial charge in [0.15, 0.2) is 11.6 Å². The van der Waals surface area contributed by atoms with Crippen molar-refractivity contribution in [2.24, 2.45) is 0 Å². The van der Waals surface area contributed by atoms with E-state index in [0.29, 0.717) is 34.5 Å². The van der Waals surface area contributed by atoms with E-state index in [4.69, 9.17) is 26.3 Å². The van der Waals surface area contributed by atoms with Crippen molar-refractivity contribution < 1.29 is 23.5 Å². The highest BCUT2D eigenvalue weighted by Gasteiger charge is 2.15. The minimum atomic E-state index is -0.384. The molecule has 0 saturated carbocycles. The van der Waals surface area contributed by atoms with Crippen molar-refractivity contribution in [3.63, 3.8) is 0 Å². The number of hydrogen-bond donors (Lipinski definition) is 1. The lowest BCUT2D eigenvalue weighted by molar-refractivity contribution is 0.0592. The third kappa shape index (κ3) is 8.25. The van der Waals surface area contributed by atoms with Crippen LogP contribution in [0.25, 0.3) is 43.2 Å². The number of ether oxygens (including phenoxy) is 2. The van der Waals surface area contributed by atoms with Crippen LogP contribution >= 0.6 is 34.3 Å². The summed E-state index contributed by atoms with van der Waals surface area (Å²) in [5.74, 6) is 0.847. The van der Waals surface area contributed by atoms with Crippen molar-refractivity contribution in [2.75, 3.05) is 19.5 Å². The Morgan fingerprint density at radius 3 is 1.67 bits per heavy atom. The van der Waals surface area contributed by atoms with E-state index in [1.54, 1.807) is 71.2 Å². The molecular weight excluding hydrogens is 721 g/mol. The fraction of sp³-hybridized carbons (Fsp3) is 0.179. The van der Waals surface area contributed by atoms with Gasteiger partial charge in [0.2, 0.25) is 0 Å². The molecule has 0 aliphatic carbocycles. The summed E-state index contributed by atoms with van der Waals surface area (Å²) < 4.78 is 22.6. The number of carbonyl (C=O) groups excluding carboxylic acids is 2. The molecule has 0 aliphatic heterocycles. The van der Waals surface area contributed by atoms with Crippen LogP contribution in [0.4, 0.5) is 10.2 Å². The van der Waals surface area contributed by atoms with E-state index in [2.05, 4.69) is 39.9 Å². The number of halogens is 2. The number of fused-ring (bicyclic) bond motifs is 2. The Labute approximate surface area is 312 Å². The van der Waals surface area contributed by atoms with Crippen LogP contribution in [0.5, 0.6) is 0 Å². The highest BCUT2D eigenvalue weighted by atomic mass is 35.5. The molecule has 0 spiro atoms. The Morgan fingerprint density at radius 1 is 0.692 bits per heavy atom. The van der Waals surface area contributed by atoms with Crippen LogP contribution in [-0.4, -0.2) is 46.1 Å². The van der Waals surface area contributed by atoms with Gasteiger partial charge in [0, 0.05) is 32.8 Å². The molecule has 0 aliphatic rings. The van der Waals surface area contributed by atoms with Crippen LogP contribution in [-0.2, 0) is 28.9 Å².